The Labute approximate surface area is 155 Å². The second kappa shape index (κ2) is 8.09. The lowest BCUT2D eigenvalue weighted by molar-refractivity contribution is -0.132. The molecular formula is C22H29N3O. The van der Waals surface area contributed by atoms with Gasteiger partial charge in [-0.05, 0) is 43.7 Å². The number of hydrogen-bond acceptors (Lipinski definition) is 2. The summed E-state index contributed by atoms with van der Waals surface area (Å²) in [6.45, 7) is 4.89. The van der Waals surface area contributed by atoms with E-state index in [1.807, 2.05) is 23.2 Å². The van der Waals surface area contributed by atoms with Crippen molar-refractivity contribution in [1.29, 1.82) is 0 Å². The van der Waals surface area contributed by atoms with Gasteiger partial charge in [-0.2, -0.15) is 0 Å². The maximum atomic E-state index is 12.7. The van der Waals surface area contributed by atoms with Crippen LogP contribution < -0.4 is 0 Å². The minimum Gasteiger partial charge on any atom is -0.361 e. The first-order chi connectivity index (χ1) is 12.8. The molecule has 2 heterocycles. The zero-order chi connectivity index (χ0) is 17.8. The Kier molecular flexibility index (Phi) is 5.40. The smallest absolute Gasteiger partial charge is 0.227 e. The summed E-state index contributed by atoms with van der Waals surface area (Å²) in [6.07, 6.45) is 11.4. The van der Waals surface area contributed by atoms with Gasteiger partial charge in [-0.15, -0.1) is 0 Å². The van der Waals surface area contributed by atoms with E-state index in [9.17, 15) is 4.79 Å². The van der Waals surface area contributed by atoms with Crippen molar-refractivity contribution in [1.82, 2.24) is 14.8 Å². The third-order valence-electron chi connectivity index (χ3n) is 5.88. The van der Waals surface area contributed by atoms with Gasteiger partial charge in [-0.25, -0.2) is 0 Å². The lowest BCUT2D eigenvalue weighted by atomic mass is 9.97. The Bertz CT molecular complexity index is 784. The van der Waals surface area contributed by atoms with Crippen LogP contribution in [0.2, 0.25) is 0 Å². The van der Waals surface area contributed by atoms with Gasteiger partial charge in [0.05, 0.1) is 6.42 Å². The normalized spacial score (nSPS) is 18.9. The molecule has 138 valence electrons. The van der Waals surface area contributed by atoms with Crippen molar-refractivity contribution in [3.63, 3.8) is 0 Å². The van der Waals surface area contributed by atoms with Crippen LogP contribution in [0.3, 0.4) is 0 Å². The van der Waals surface area contributed by atoms with Crippen molar-refractivity contribution < 1.29 is 4.79 Å². The van der Waals surface area contributed by atoms with Gasteiger partial charge < -0.3 is 9.88 Å². The van der Waals surface area contributed by atoms with Gasteiger partial charge in [-0.3, -0.25) is 9.69 Å². The molecule has 4 nitrogen and oxygen atoms in total. The molecule has 2 aliphatic rings. The van der Waals surface area contributed by atoms with Crippen LogP contribution in [0.15, 0.2) is 42.1 Å². The molecule has 1 aliphatic heterocycles. The van der Waals surface area contributed by atoms with Crippen LogP contribution in [0.1, 0.15) is 37.7 Å². The molecule has 0 atom stereocenters. The van der Waals surface area contributed by atoms with Crippen LogP contribution in [0, 0.1) is 0 Å². The summed E-state index contributed by atoms with van der Waals surface area (Å²) in [5.41, 5.74) is 3.86. The van der Waals surface area contributed by atoms with Gasteiger partial charge in [-0.1, -0.05) is 29.8 Å². The standard InChI is InChI=1S/C22H29N3O/c26-22(16-19-17-23-21-9-5-4-8-20(19)21)25-14-12-24(13-15-25)11-10-18-6-2-1-3-7-18/h4-6,8-9,17,23H,1-3,7,10-16H2. The Morgan fingerprint density at radius 3 is 2.73 bits per heavy atom. The second-order valence-corrected chi connectivity index (χ2v) is 7.62. The molecule has 0 unspecified atom stereocenters. The monoisotopic (exact) mass is 351 g/mol. The molecule has 1 amide bonds. The van der Waals surface area contributed by atoms with Crippen molar-refractivity contribution >= 4 is 16.8 Å². The highest BCUT2D eigenvalue weighted by Crippen LogP contribution is 2.21. The van der Waals surface area contributed by atoms with E-state index in [0.717, 1.165) is 43.8 Å². The topological polar surface area (TPSA) is 39.3 Å². The molecule has 4 heteroatoms. The SMILES string of the molecule is O=C(Cc1c[nH]c2ccccc12)N1CCN(CCC2=CCCCC2)CC1. The van der Waals surface area contributed by atoms with Crippen molar-refractivity contribution in [2.45, 2.75) is 38.5 Å². The van der Waals surface area contributed by atoms with Gasteiger partial charge in [0.1, 0.15) is 0 Å². The summed E-state index contributed by atoms with van der Waals surface area (Å²) in [6, 6.07) is 8.20. The minimum absolute atomic E-state index is 0.254. The number of nitrogens with zero attached hydrogens (tertiary/aromatic N) is 2. The summed E-state index contributed by atoms with van der Waals surface area (Å²) >= 11 is 0. The molecule has 0 spiro atoms. The number of hydrogen-bond donors (Lipinski definition) is 1. The first-order valence-corrected chi connectivity index (χ1v) is 10.0. The zero-order valence-corrected chi connectivity index (χ0v) is 15.5. The molecule has 0 bridgehead atoms. The quantitative estimate of drug-likeness (QED) is 0.834. The van der Waals surface area contributed by atoms with E-state index in [1.54, 1.807) is 5.57 Å². The Balaban J connectivity index is 1.26. The summed E-state index contributed by atoms with van der Waals surface area (Å²) in [7, 11) is 0. The fourth-order valence-electron chi connectivity index (χ4n) is 4.21. The number of fused-ring (bicyclic) bond motifs is 1. The number of nitrogens with one attached hydrogen (secondary N) is 1. The molecule has 4 rings (SSSR count). The molecule has 2 aromatic rings. The van der Waals surface area contributed by atoms with Crippen LogP contribution in [0.5, 0.6) is 0 Å². The number of piperazine rings is 1. The van der Waals surface area contributed by atoms with Crippen LogP contribution >= 0.6 is 0 Å². The molecule has 0 radical (unpaired) electrons. The third-order valence-corrected chi connectivity index (χ3v) is 5.88. The van der Waals surface area contributed by atoms with E-state index in [-0.39, 0.29) is 5.91 Å². The highest BCUT2D eigenvalue weighted by atomic mass is 16.2. The number of allylic oxidation sites excluding steroid dienone is 1. The molecular weight excluding hydrogens is 322 g/mol. The van der Waals surface area contributed by atoms with E-state index in [0.29, 0.717) is 6.42 Å². The molecule has 1 aliphatic carbocycles. The fourth-order valence-corrected chi connectivity index (χ4v) is 4.21. The van der Waals surface area contributed by atoms with E-state index < -0.39 is 0 Å². The molecule has 0 saturated carbocycles. The molecule has 1 aromatic carbocycles. The van der Waals surface area contributed by atoms with Crippen molar-refractivity contribution in [3.05, 3.63) is 47.7 Å². The lowest BCUT2D eigenvalue weighted by Gasteiger charge is -2.35. The molecule has 1 saturated heterocycles. The van der Waals surface area contributed by atoms with Gasteiger partial charge in [0, 0.05) is 49.8 Å². The van der Waals surface area contributed by atoms with E-state index in [2.05, 4.69) is 28.1 Å². The maximum absolute atomic E-state index is 12.7. The van der Waals surface area contributed by atoms with Crippen LogP contribution in [0.4, 0.5) is 0 Å². The average Bonchev–Trinajstić information content (AvgIpc) is 3.10. The predicted molar refractivity (Wildman–Crippen MR) is 106 cm³/mol. The maximum Gasteiger partial charge on any atom is 0.227 e. The summed E-state index contributed by atoms with van der Waals surface area (Å²) in [5, 5.41) is 1.17. The Morgan fingerprint density at radius 1 is 1.08 bits per heavy atom. The Morgan fingerprint density at radius 2 is 1.92 bits per heavy atom. The predicted octanol–water partition coefficient (Wildman–Crippen LogP) is 3.75. The number of aromatic amines is 1. The first-order valence-electron chi connectivity index (χ1n) is 10.0. The molecule has 1 fully saturated rings. The van der Waals surface area contributed by atoms with Crippen molar-refractivity contribution in [2.75, 3.05) is 32.7 Å². The number of aromatic nitrogens is 1. The van der Waals surface area contributed by atoms with Crippen LogP contribution in [0.25, 0.3) is 10.9 Å². The number of carbonyl (C=O) groups is 1. The summed E-state index contributed by atoms with van der Waals surface area (Å²) < 4.78 is 0. The number of para-hydroxylation sites is 1. The van der Waals surface area contributed by atoms with E-state index >= 15 is 0 Å². The van der Waals surface area contributed by atoms with Gasteiger partial charge in [0.2, 0.25) is 5.91 Å². The number of benzene rings is 1. The minimum atomic E-state index is 0.254. The van der Waals surface area contributed by atoms with E-state index in [4.69, 9.17) is 0 Å². The number of amides is 1. The largest absolute Gasteiger partial charge is 0.361 e. The fraction of sp³-hybridized carbons (Fsp3) is 0.500. The first kappa shape index (κ1) is 17.3. The Hall–Kier alpha value is -2.07. The van der Waals surface area contributed by atoms with Crippen LogP contribution in [-0.2, 0) is 11.2 Å². The third kappa shape index (κ3) is 4.01. The van der Waals surface area contributed by atoms with Crippen molar-refractivity contribution in [2.24, 2.45) is 0 Å². The molecule has 26 heavy (non-hydrogen) atoms. The molecule has 1 aromatic heterocycles. The average molecular weight is 351 g/mol. The highest BCUT2D eigenvalue weighted by molar-refractivity contribution is 5.88. The lowest BCUT2D eigenvalue weighted by Crippen LogP contribution is -2.49. The number of H-pyrrole nitrogens is 1. The van der Waals surface area contributed by atoms with Crippen LogP contribution in [-0.4, -0.2) is 53.4 Å². The second-order valence-electron chi connectivity index (χ2n) is 7.62. The highest BCUT2D eigenvalue weighted by Gasteiger charge is 2.22. The van der Waals surface area contributed by atoms with Gasteiger partial charge in [0.25, 0.3) is 0 Å². The number of rotatable bonds is 5. The number of carbonyl (C=O) groups excluding carboxylic acids is 1. The van der Waals surface area contributed by atoms with Crippen molar-refractivity contribution in [3.8, 4) is 0 Å². The summed E-state index contributed by atoms with van der Waals surface area (Å²) in [5.74, 6) is 0.254. The molecule has 1 N–H and O–H groups in total. The van der Waals surface area contributed by atoms with E-state index in [1.165, 1.54) is 37.5 Å². The zero-order valence-electron chi connectivity index (χ0n) is 15.5. The van der Waals surface area contributed by atoms with Gasteiger partial charge >= 0.3 is 0 Å². The van der Waals surface area contributed by atoms with Gasteiger partial charge in [0.15, 0.2) is 0 Å². The summed E-state index contributed by atoms with van der Waals surface area (Å²) in [4.78, 5) is 20.5.